The largest absolute Gasteiger partial charge is 0.493 e. The van der Waals surface area contributed by atoms with Gasteiger partial charge in [0.15, 0.2) is 11.5 Å². The third-order valence-electron chi connectivity index (χ3n) is 3.64. The molecule has 1 aromatic carbocycles. The highest BCUT2D eigenvalue weighted by molar-refractivity contribution is 5.44. The highest BCUT2D eigenvalue weighted by atomic mass is 19.1. The van der Waals surface area contributed by atoms with Gasteiger partial charge in [0.1, 0.15) is 5.82 Å². The molecule has 0 radical (unpaired) electrons. The molecule has 0 unspecified atom stereocenters. The lowest BCUT2D eigenvalue weighted by molar-refractivity contribution is 0.0579. The van der Waals surface area contributed by atoms with Crippen LogP contribution >= 0.6 is 0 Å². The summed E-state index contributed by atoms with van der Waals surface area (Å²) in [5.41, 5.74) is 6.67. The van der Waals surface area contributed by atoms with Crippen molar-refractivity contribution in [3.8, 4) is 11.5 Å². The Morgan fingerprint density at radius 1 is 1.21 bits per heavy atom. The standard InChI is InChI=1S/C14H20FNO3/c1-17-12-7-10(11(15)8-13(12)18-2)14(16)9-3-5-19-6-4-9/h7-9,14H,3-6,16H2,1-2H3/t14-/m0/s1. The van der Waals surface area contributed by atoms with Crippen LogP contribution in [0.4, 0.5) is 4.39 Å². The Morgan fingerprint density at radius 3 is 2.37 bits per heavy atom. The maximum Gasteiger partial charge on any atom is 0.163 e. The Bertz CT molecular complexity index is 433. The van der Waals surface area contributed by atoms with E-state index in [2.05, 4.69) is 0 Å². The highest BCUT2D eigenvalue weighted by Crippen LogP contribution is 2.36. The van der Waals surface area contributed by atoms with E-state index in [-0.39, 0.29) is 17.8 Å². The molecule has 0 aliphatic carbocycles. The molecule has 0 saturated carbocycles. The Labute approximate surface area is 112 Å². The zero-order chi connectivity index (χ0) is 13.8. The second-order valence-electron chi connectivity index (χ2n) is 4.70. The Kier molecular flexibility index (Phi) is 4.61. The molecule has 1 fully saturated rings. The number of hydrogen-bond donors (Lipinski definition) is 1. The minimum Gasteiger partial charge on any atom is -0.493 e. The fourth-order valence-electron chi connectivity index (χ4n) is 2.45. The van der Waals surface area contributed by atoms with Gasteiger partial charge in [0, 0.05) is 30.9 Å². The molecule has 19 heavy (non-hydrogen) atoms. The fourth-order valence-corrected chi connectivity index (χ4v) is 2.45. The molecule has 0 aromatic heterocycles. The van der Waals surface area contributed by atoms with Gasteiger partial charge in [0.2, 0.25) is 0 Å². The molecule has 1 aromatic rings. The molecule has 4 nitrogen and oxygen atoms in total. The predicted octanol–water partition coefficient (Wildman–Crippen LogP) is 2.27. The summed E-state index contributed by atoms with van der Waals surface area (Å²) in [6, 6.07) is 2.62. The first-order valence-corrected chi connectivity index (χ1v) is 6.42. The van der Waals surface area contributed by atoms with Crippen molar-refractivity contribution in [3.63, 3.8) is 0 Å². The van der Waals surface area contributed by atoms with E-state index < -0.39 is 0 Å². The third-order valence-corrected chi connectivity index (χ3v) is 3.64. The second-order valence-corrected chi connectivity index (χ2v) is 4.70. The highest BCUT2D eigenvalue weighted by Gasteiger charge is 2.25. The number of methoxy groups -OCH3 is 2. The van der Waals surface area contributed by atoms with E-state index in [1.54, 1.807) is 6.07 Å². The summed E-state index contributed by atoms with van der Waals surface area (Å²) < 4.78 is 29.7. The monoisotopic (exact) mass is 269 g/mol. The van der Waals surface area contributed by atoms with Crippen LogP contribution in [0.1, 0.15) is 24.4 Å². The van der Waals surface area contributed by atoms with Crippen molar-refractivity contribution in [2.75, 3.05) is 27.4 Å². The summed E-state index contributed by atoms with van der Waals surface area (Å²) in [7, 11) is 3.01. The van der Waals surface area contributed by atoms with Gasteiger partial charge in [-0.25, -0.2) is 4.39 Å². The number of halogens is 1. The van der Waals surface area contributed by atoms with Crippen LogP contribution in [0.2, 0.25) is 0 Å². The van der Waals surface area contributed by atoms with Crippen LogP contribution < -0.4 is 15.2 Å². The number of nitrogens with two attached hydrogens (primary N) is 1. The molecule has 1 aliphatic heterocycles. The molecule has 1 saturated heterocycles. The SMILES string of the molecule is COc1cc(F)c([C@@H](N)C2CCOCC2)cc1OC. The quantitative estimate of drug-likeness (QED) is 0.911. The number of benzene rings is 1. The van der Waals surface area contributed by atoms with Gasteiger partial charge in [-0.3, -0.25) is 0 Å². The van der Waals surface area contributed by atoms with Crippen LogP contribution in [0, 0.1) is 11.7 Å². The maximum absolute atomic E-state index is 14.1. The lowest BCUT2D eigenvalue weighted by Crippen LogP contribution is -2.28. The molecule has 0 bridgehead atoms. The van der Waals surface area contributed by atoms with Gasteiger partial charge >= 0.3 is 0 Å². The van der Waals surface area contributed by atoms with Crippen LogP contribution in [-0.4, -0.2) is 27.4 Å². The first kappa shape index (κ1) is 14.1. The molecule has 1 atom stereocenters. The fraction of sp³-hybridized carbons (Fsp3) is 0.571. The summed E-state index contributed by atoms with van der Waals surface area (Å²) in [6.45, 7) is 1.38. The van der Waals surface area contributed by atoms with E-state index in [9.17, 15) is 4.39 Å². The van der Waals surface area contributed by atoms with Crippen LogP contribution in [-0.2, 0) is 4.74 Å². The molecule has 2 rings (SSSR count). The molecular weight excluding hydrogens is 249 g/mol. The lowest BCUT2D eigenvalue weighted by Gasteiger charge is -2.28. The van der Waals surface area contributed by atoms with Gasteiger partial charge in [-0.2, -0.15) is 0 Å². The molecule has 0 spiro atoms. The molecule has 5 heteroatoms. The van der Waals surface area contributed by atoms with Gasteiger partial charge in [0.05, 0.1) is 14.2 Å². The Hall–Kier alpha value is -1.33. The normalized spacial score (nSPS) is 18.1. The molecule has 106 valence electrons. The number of rotatable bonds is 4. The van der Waals surface area contributed by atoms with E-state index >= 15 is 0 Å². The summed E-state index contributed by atoms with van der Waals surface area (Å²) >= 11 is 0. The molecule has 2 N–H and O–H groups in total. The Morgan fingerprint density at radius 2 is 1.79 bits per heavy atom. The maximum atomic E-state index is 14.1. The van der Waals surface area contributed by atoms with Gasteiger partial charge in [-0.15, -0.1) is 0 Å². The van der Waals surface area contributed by atoms with Crippen molar-refractivity contribution >= 4 is 0 Å². The summed E-state index contributed by atoms with van der Waals surface area (Å²) in [5, 5.41) is 0. The van der Waals surface area contributed by atoms with Gasteiger partial charge in [-0.05, 0) is 24.8 Å². The van der Waals surface area contributed by atoms with E-state index in [1.807, 2.05) is 0 Å². The first-order valence-electron chi connectivity index (χ1n) is 6.42. The van der Waals surface area contributed by atoms with Gasteiger partial charge in [-0.1, -0.05) is 0 Å². The lowest BCUT2D eigenvalue weighted by atomic mass is 9.87. The molecule has 1 heterocycles. The van der Waals surface area contributed by atoms with E-state index in [4.69, 9.17) is 19.9 Å². The molecule has 0 amide bonds. The second kappa shape index (κ2) is 6.21. The summed E-state index contributed by atoms with van der Waals surface area (Å²) in [6.07, 6.45) is 1.71. The van der Waals surface area contributed by atoms with E-state index in [0.717, 1.165) is 12.8 Å². The summed E-state index contributed by atoms with van der Waals surface area (Å²) in [4.78, 5) is 0. The number of ether oxygens (including phenoxy) is 3. The molecule has 1 aliphatic rings. The van der Waals surface area contributed by atoms with Crippen LogP contribution in [0.25, 0.3) is 0 Å². The van der Waals surface area contributed by atoms with Crippen molar-refractivity contribution in [2.45, 2.75) is 18.9 Å². The average molecular weight is 269 g/mol. The van der Waals surface area contributed by atoms with Crippen LogP contribution in [0.3, 0.4) is 0 Å². The Balaban J connectivity index is 2.27. The first-order chi connectivity index (χ1) is 9.17. The van der Waals surface area contributed by atoms with Crippen molar-refractivity contribution < 1.29 is 18.6 Å². The minimum atomic E-state index is -0.350. The average Bonchev–Trinajstić information content (AvgIpc) is 2.47. The number of hydrogen-bond acceptors (Lipinski definition) is 4. The zero-order valence-electron chi connectivity index (χ0n) is 11.3. The predicted molar refractivity (Wildman–Crippen MR) is 70.0 cm³/mol. The topological polar surface area (TPSA) is 53.7 Å². The van der Waals surface area contributed by atoms with Gasteiger partial charge < -0.3 is 19.9 Å². The zero-order valence-corrected chi connectivity index (χ0v) is 11.3. The minimum absolute atomic E-state index is 0.237. The van der Waals surface area contributed by atoms with Crippen molar-refractivity contribution in [2.24, 2.45) is 11.7 Å². The summed E-state index contributed by atoms with van der Waals surface area (Å²) in [5.74, 6) is 0.766. The van der Waals surface area contributed by atoms with Crippen molar-refractivity contribution in [1.82, 2.24) is 0 Å². The third kappa shape index (κ3) is 2.98. The van der Waals surface area contributed by atoms with Crippen LogP contribution in [0.5, 0.6) is 11.5 Å². The van der Waals surface area contributed by atoms with Crippen molar-refractivity contribution in [3.05, 3.63) is 23.5 Å². The van der Waals surface area contributed by atoms with Crippen LogP contribution in [0.15, 0.2) is 12.1 Å². The van der Waals surface area contributed by atoms with Crippen molar-refractivity contribution in [1.29, 1.82) is 0 Å². The molecular formula is C14H20FNO3. The van der Waals surface area contributed by atoms with E-state index in [0.29, 0.717) is 30.3 Å². The van der Waals surface area contributed by atoms with E-state index in [1.165, 1.54) is 20.3 Å². The van der Waals surface area contributed by atoms with Gasteiger partial charge in [0.25, 0.3) is 0 Å². The smallest absolute Gasteiger partial charge is 0.163 e.